The van der Waals surface area contributed by atoms with E-state index in [1.165, 1.54) is 0 Å². The Kier molecular flexibility index (Phi) is 4.60. The first kappa shape index (κ1) is 13.4. The molecule has 2 rings (SSSR count). The molecule has 1 saturated heterocycles. The van der Waals surface area contributed by atoms with Crippen molar-refractivity contribution in [3.63, 3.8) is 0 Å². The van der Waals surface area contributed by atoms with E-state index in [-0.39, 0.29) is 6.61 Å². The minimum absolute atomic E-state index is 0.272. The second-order valence-corrected chi connectivity index (χ2v) is 4.92. The van der Waals surface area contributed by atoms with Gasteiger partial charge in [-0.3, -0.25) is 0 Å². The summed E-state index contributed by atoms with van der Waals surface area (Å²) in [5.74, 6) is 1.82. The second kappa shape index (κ2) is 6.20. The third-order valence-corrected chi connectivity index (χ3v) is 3.50. The highest BCUT2D eigenvalue weighted by atomic mass is 35.5. The number of rotatable bonds is 4. The van der Waals surface area contributed by atoms with Gasteiger partial charge in [0.15, 0.2) is 5.82 Å². The second-order valence-electron chi connectivity index (χ2n) is 4.51. The molecule has 5 nitrogen and oxygen atoms in total. The number of piperidine rings is 1. The van der Waals surface area contributed by atoms with Crippen molar-refractivity contribution >= 4 is 23.4 Å². The Morgan fingerprint density at radius 3 is 2.83 bits per heavy atom. The summed E-state index contributed by atoms with van der Waals surface area (Å²) in [5, 5.41) is 12.8. The van der Waals surface area contributed by atoms with Gasteiger partial charge in [0.2, 0.25) is 5.95 Å². The number of anilines is 2. The molecule has 0 aromatic carbocycles. The summed E-state index contributed by atoms with van der Waals surface area (Å²) < 4.78 is 0. The van der Waals surface area contributed by atoms with Crippen LogP contribution >= 0.6 is 11.6 Å². The third-order valence-electron chi connectivity index (χ3n) is 3.23. The molecule has 2 N–H and O–H groups in total. The van der Waals surface area contributed by atoms with Crippen molar-refractivity contribution in [1.29, 1.82) is 0 Å². The maximum Gasteiger partial charge on any atom is 0.224 e. The summed E-state index contributed by atoms with van der Waals surface area (Å²) in [6.45, 7) is 4.83. The van der Waals surface area contributed by atoms with E-state index in [9.17, 15) is 0 Å². The zero-order chi connectivity index (χ0) is 13.0. The van der Waals surface area contributed by atoms with E-state index < -0.39 is 0 Å². The first-order valence-corrected chi connectivity index (χ1v) is 6.74. The van der Waals surface area contributed by atoms with E-state index in [1.54, 1.807) is 6.20 Å². The van der Waals surface area contributed by atoms with Crippen LogP contribution in [0.25, 0.3) is 0 Å². The zero-order valence-corrected chi connectivity index (χ0v) is 11.3. The quantitative estimate of drug-likeness (QED) is 0.873. The lowest BCUT2D eigenvalue weighted by molar-refractivity contribution is 0.203. The molecule has 1 aromatic heterocycles. The van der Waals surface area contributed by atoms with Crippen LogP contribution < -0.4 is 10.2 Å². The lowest BCUT2D eigenvalue weighted by atomic mass is 9.98. The summed E-state index contributed by atoms with van der Waals surface area (Å²) in [7, 11) is 0. The molecule has 2 heterocycles. The highest BCUT2D eigenvalue weighted by Gasteiger charge is 2.21. The fourth-order valence-corrected chi connectivity index (χ4v) is 2.36. The standard InChI is InChI=1S/C12H19ClN4O/c1-2-14-12-15-7-10(13)11(16-12)17-5-3-9(8-18)4-6-17/h7,9,18H,2-6,8H2,1H3,(H,14,15,16). The topological polar surface area (TPSA) is 61.3 Å². The largest absolute Gasteiger partial charge is 0.396 e. The molecular weight excluding hydrogens is 252 g/mol. The molecule has 1 fully saturated rings. The molecule has 0 aliphatic carbocycles. The number of nitrogens with one attached hydrogen (secondary N) is 1. The van der Waals surface area contributed by atoms with Crippen LogP contribution in [0.15, 0.2) is 6.20 Å². The van der Waals surface area contributed by atoms with Gasteiger partial charge < -0.3 is 15.3 Å². The molecule has 6 heteroatoms. The van der Waals surface area contributed by atoms with E-state index in [1.807, 2.05) is 6.92 Å². The van der Waals surface area contributed by atoms with Crippen LogP contribution in [0.1, 0.15) is 19.8 Å². The normalized spacial score (nSPS) is 16.9. The fraction of sp³-hybridized carbons (Fsp3) is 0.667. The van der Waals surface area contributed by atoms with Gasteiger partial charge in [-0.05, 0) is 25.7 Å². The SMILES string of the molecule is CCNc1ncc(Cl)c(N2CCC(CO)CC2)n1. The summed E-state index contributed by atoms with van der Waals surface area (Å²) in [5.41, 5.74) is 0. The van der Waals surface area contributed by atoms with E-state index in [0.29, 0.717) is 16.9 Å². The molecule has 0 amide bonds. The van der Waals surface area contributed by atoms with Crippen molar-refractivity contribution in [3.8, 4) is 0 Å². The van der Waals surface area contributed by atoms with E-state index in [0.717, 1.165) is 38.3 Å². The minimum atomic E-state index is 0.272. The maximum absolute atomic E-state index is 9.14. The lowest BCUT2D eigenvalue weighted by Crippen LogP contribution is -2.35. The molecule has 0 unspecified atom stereocenters. The highest BCUT2D eigenvalue weighted by molar-refractivity contribution is 6.32. The minimum Gasteiger partial charge on any atom is -0.396 e. The molecule has 1 aliphatic rings. The Morgan fingerprint density at radius 2 is 2.22 bits per heavy atom. The molecular formula is C12H19ClN4O. The van der Waals surface area contributed by atoms with Gasteiger partial charge >= 0.3 is 0 Å². The highest BCUT2D eigenvalue weighted by Crippen LogP contribution is 2.27. The predicted octanol–water partition coefficient (Wildman–Crippen LogP) is 1.77. The number of aliphatic hydroxyl groups excluding tert-OH is 1. The van der Waals surface area contributed by atoms with Gasteiger partial charge in [-0.25, -0.2) is 4.98 Å². The predicted molar refractivity (Wildman–Crippen MR) is 73.2 cm³/mol. The third kappa shape index (κ3) is 3.03. The van der Waals surface area contributed by atoms with Crippen molar-refractivity contribution in [2.24, 2.45) is 5.92 Å². The van der Waals surface area contributed by atoms with Crippen molar-refractivity contribution < 1.29 is 5.11 Å². The molecule has 0 atom stereocenters. The molecule has 18 heavy (non-hydrogen) atoms. The van der Waals surface area contributed by atoms with Gasteiger partial charge in [0.1, 0.15) is 5.02 Å². The van der Waals surface area contributed by atoms with Gasteiger partial charge in [0.25, 0.3) is 0 Å². The van der Waals surface area contributed by atoms with Gasteiger partial charge in [-0.15, -0.1) is 0 Å². The Morgan fingerprint density at radius 1 is 1.50 bits per heavy atom. The average molecular weight is 271 g/mol. The Balaban J connectivity index is 2.10. The van der Waals surface area contributed by atoms with Crippen LogP contribution in [0.5, 0.6) is 0 Å². The van der Waals surface area contributed by atoms with Crippen molar-refractivity contribution in [2.45, 2.75) is 19.8 Å². The maximum atomic E-state index is 9.14. The van der Waals surface area contributed by atoms with Gasteiger partial charge in [0, 0.05) is 26.2 Å². The Hall–Kier alpha value is -1.07. The molecule has 0 saturated carbocycles. The molecule has 100 valence electrons. The Labute approximate surface area is 112 Å². The lowest BCUT2D eigenvalue weighted by Gasteiger charge is -2.32. The molecule has 0 spiro atoms. The smallest absolute Gasteiger partial charge is 0.224 e. The summed E-state index contributed by atoms with van der Waals surface area (Å²) in [4.78, 5) is 10.7. The fourth-order valence-electron chi connectivity index (χ4n) is 2.15. The zero-order valence-electron chi connectivity index (χ0n) is 10.6. The number of hydrogen-bond donors (Lipinski definition) is 2. The number of halogens is 1. The molecule has 1 aromatic rings. The van der Waals surface area contributed by atoms with Crippen LogP contribution in [-0.4, -0.2) is 41.3 Å². The van der Waals surface area contributed by atoms with E-state index >= 15 is 0 Å². The number of hydrogen-bond acceptors (Lipinski definition) is 5. The van der Waals surface area contributed by atoms with Crippen molar-refractivity contribution in [2.75, 3.05) is 36.5 Å². The van der Waals surface area contributed by atoms with Crippen LogP contribution in [0, 0.1) is 5.92 Å². The molecule has 0 radical (unpaired) electrons. The summed E-state index contributed by atoms with van der Waals surface area (Å²) >= 11 is 6.16. The van der Waals surface area contributed by atoms with Crippen LogP contribution in [0.3, 0.4) is 0 Å². The molecule has 1 aliphatic heterocycles. The van der Waals surface area contributed by atoms with Crippen LogP contribution in [-0.2, 0) is 0 Å². The number of nitrogens with zero attached hydrogens (tertiary/aromatic N) is 3. The average Bonchev–Trinajstić information content (AvgIpc) is 2.41. The summed E-state index contributed by atoms with van der Waals surface area (Å²) in [6.07, 6.45) is 3.60. The van der Waals surface area contributed by atoms with Crippen LogP contribution in [0.4, 0.5) is 11.8 Å². The van der Waals surface area contributed by atoms with Gasteiger partial charge in [-0.2, -0.15) is 4.98 Å². The van der Waals surface area contributed by atoms with E-state index in [2.05, 4.69) is 20.2 Å². The number of aromatic nitrogens is 2. The van der Waals surface area contributed by atoms with Gasteiger partial charge in [-0.1, -0.05) is 11.6 Å². The number of aliphatic hydroxyl groups is 1. The van der Waals surface area contributed by atoms with E-state index in [4.69, 9.17) is 16.7 Å². The van der Waals surface area contributed by atoms with Crippen molar-refractivity contribution in [1.82, 2.24) is 9.97 Å². The van der Waals surface area contributed by atoms with Crippen LogP contribution in [0.2, 0.25) is 5.02 Å². The Bertz CT molecular complexity index is 394. The first-order chi connectivity index (χ1) is 8.74. The van der Waals surface area contributed by atoms with Gasteiger partial charge in [0.05, 0.1) is 6.20 Å². The van der Waals surface area contributed by atoms with Crippen molar-refractivity contribution in [3.05, 3.63) is 11.2 Å². The molecule has 0 bridgehead atoms. The monoisotopic (exact) mass is 270 g/mol. The first-order valence-electron chi connectivity index (χ1n) is 6.36. The summed E-state index contributed by atoms with van der Waals surface area (Å²) in [6, 6.07) is 0.